The van der Waals surface area contributed by atoms with Gasteiger partial charge in [-0.3, -0.25) is 9.69 Å². The van der Waals surface area contributed by atoms with Crippen molar-refractivity contribution in [2.75, 3.05) is 15.5 Å². The Labute approximate surface area is 191 Å². The van der Waals surface area contributed by atoms with E-state index in [0.717, 1.165) is 35.5 Å². The number of hydrogen-bond acceptors (Lipinski definition) is 3. The van der Waals surface area contributed by atoms with E-state index in [1.54, 1.807) is 29.2 Å². The molecule has 3 aromatic rings. The first-order valence-electron chi connectivity index (χ1n) is 10.6. The van der Waals surface area contributed by atoms with Crippen LogP contribution in [0.3, 0.4) is 0 Å². The molecule has 0 fully saturated rings. The minimum atomic E-state index is -0.539. The maximum absolute atomic E-state index is 13.8. The third-order valence-electron chi connectivity index (χ3n) is 5.87. The predicted octanol–water partition coefficient (Wildman–Crippen LogP) is 6.55. The van der Waals surface area contributed by atoms with Crippen molar-refractivity contribution in [3.05, 3.63) is 101 Å². The first kappa shape index (κ1) is 20.3. The molecule has 1 atom stereocenters. The van der Waals surface area contributed by atoms with Gasteiger partial charge in [-0.15, -0.1) is 0 Å². The van der Waals surface area contributed by atoms with E-state index in [4.69, 9.17) is 11.6 Å². The van der Waals surface area contributed by atoms with E-state index in [1.807, 2.05) is 54.6 Å². The van der Waals surface area contributed by atoms with E-state index >= 15 is 0 Å². The van der Waals surface area contributed by atoms with Gasteiger partial charge in [0.05, 0.1) is 17.4 Å². The van der Waals surface area contributed by atoms with Crippen LogP contribution >= 0.6 is 11.6 Å². The van der Waals surface area contributed by atoms with Gasteiger partial charge >= 0.3 is 6.03 Å². The SMILES string of the molecule is O=C1CCCC2=C1[C@@H](c1ccccc1)N(C(=O)Nc1ccc(Cl)cc1)c1ccccc1N2. The third-order valence-corrected chi connectivity index (χ3v) is 6.12. The number of para-hydroxylation sites is 2. The highest BCUT2D eigenvalue weighted by atomic mass is 35.5. The lowest BCUT2D eigenvalue weighted by Crippen LogP contribution is -2.40. The van der Waals surface area contributed by atoms with Gasteiger partial charge in [-0.05, 0) is 54.8 Å². The molecule has 0 unspecified atom stereocenters. The monoisotopic (exact) mass is 443 g/mol. The average molecular weight is 444 g/mol. The zero-order valence-corrected chi connectivity index (χ0v) is 18.1. The Balaban J connectivity index is 1.68. The van der Waals surface area contributed by atoms with Crippen LogP contribution < -0.4 is 15.5 Å². The first-order valence-corrected chi connectivity index (χ1v) is 11.0. The largest absolute Gasteiger partial charge is 0.357 e. The molecule has 2 aliphatic rings. The molecule has 32 heavy (non-hydrogen) atoms. The van der Waals surface area contributed by atoms with Gasteiger partial charge < -0.3 is 10.6 Å². The summed E-state index contributed by atoms with van der Waals surface area (Å²) in [5.41, 5.74) is 4.59. The zero-order chi connectivity index (χ0) is 22.1. The Hall–Kier alpha value is -3.57. The maximum Gasteiger partial charge on any atom is 0.327 e. The van der Waals surface area contributed by atoms with Crippen LogP contribution in [0.4, 0.5) is 21.9 Å². The molecule has 1 aliphatic heterocycles. The van der Waals surface area contributed by atoms with Crippen molar-refractivity contribution in [2.24, 2.45) is 0 Å². The zero-order valence-electron chi connectivity index (χ0n) is 17.3. The minimum Gasteiger partial charge on any atom is -0.357 e. The molecule has 5 rings (SSSR count). The van der Waals surface area contributed by atoms with Gasteiger partial charge in [0.2, 0.25) is 0 Å². The van der Waals surface area contributed by atoms with Crippen LogP contribution in [0.5, 0.6) is 0 Å². The van der Waals surface area contributed by atoms with Gasteiger partial charge in [0, 0.05) is 28.4 Å². The summed E-state index contributed by atoms with van der Waals surface area (Å²) in [6.07, 6.45) is 2.05. The van der Waals surface area contributed by atoms with Gasteiger partial charge in [-0.1, -0.05) is 54.1 Å². The second-order valence-electron chi connectivity index (χ2n) is 7.93. The van der Waals surface area contributed by atoms with Gasteiger partial charge in [-0.2, -0.15) is 0 Å². The molecular weight excluding hydrogens is 422 g/mol. The molecule has 2 N–H and O–H groups in total. The molecule has 0 saturated heterocycles. The number of halogens is 1. The van der Waals surface area contributed by atoms with Crippen molar-refractivity contribution in [1.29, 1.82) is 0 Å². The summed E-state index contributed by atoms with van der Waals surface area (Å²) in [5, 5.41) is 7.05. The van der Waals surface area contributed by atoms with Crippen molar-refractivity contribution in [2.45, 2.75) is 25.3 Å². The number of Topliss-reactive ketones (excluding diaryl/α,β-unsaturated/α-hetero) is 1. The Bertz CT molecular complexity index is 1210. The van der Waals surface area contributed by atoms with Crippen molar-refractivity contribution >= 4 is 40.5 Å². The van der Waals surface area contributed by atoms with E-state index in [9.17, 15) is 9.59 Å². The van der Waals surface area contributed by atoms with Gasteiger partial charge in [0.25, 0.3) is 0 Å². The number of carbonyl (C=O) groups excluding carboxylic acids is 2. The van der Waals surface area contributed by atoms with Crippen molar-refractivity contribution in [3.8, 4) is 0 Å². The summed E-state index contributed by atoms with van der Waals surface area (Å²) in [5.74, 6) is 0.0738. The van der Waals surface area contributed by atoms with Gasteiger partial charge in [0.15, 0.2) is 5.78 Å². The molecule has 0 saturated carbocycles. The number of amides is 2. The number of hydrogen-bond donors (Lipinski definition) is 2. The number of nitrogens with zero attached hydrogens (tertiary/aromatic N) is 1. The highest BCUT2D eigenvalue weighted by molar-refractivity contribution is 6.30. The average Bonchev–Trinajstić information content (AvgIpc) is 2.96. The van der Waals surface area contributed by atoms with Gasteiger partial charge in [0.1, 0.15) is 0 Å². The van der Waals surface area contributed by atoms with Crippen LogP contribution in [0, 0.1) is 0 Å². The molecule has 0 aromatic heterocycles. The lowest BCUT2D eigenvalue weighted by molar-refractivity contribution is -0.116. The fourth-order valence-corrected chi connectivity index (χ4v) is 4.55. The summed E-state index contributed by atoms with van der Waals surface area (Å²) >= 11 is 6.01. The number of benzene rings is 3. The van der Waals surface area contributed by atoms with Crippen LogP contribution in [0.2, 0.25) is 5.02 Å². The Kier molecular flexibility index (Phi) is 5.41. The molecule has 0 spiro atoms. The number of allylic oxidation sites excluding steroid dienone is 1. The summed E-state index contributed by atoms with van der Waals surface area (Å²) < 4.78 is 0. The van der Waals surface area contributed by atoms with Crippen molar-refractivity contribution < 1.29 is 9.59 Å². The molecule has 3 aromatic carbocycles. The second kappa shape index (κ2) is 8.52. The molecule has 2 amide bonds. The lowest BCUT2D eigenvalue weighted by atomic mass is 9.86. The summed E-state index contributed by atoms with van der Waals surface area (Å²) in [4.78, 5) is 28.7. The fourth-order valence-electron chi connectivity index (χ4n) is 4.43. The highest BCUT2D eigenvalue weighted by Gasteiger charge is 2.39. The van der Waals surface area contributed by atoms with Crippen molar-refractivity contribution in [3.63, 3.8) is 0 Å². The second-order valence-corrected chi connectivity index (χ2v) is 8.37. The molecule has 160 valence electrons. The van der Waals surface area contributed by atoms with E-state index in [2.05, 4.69) is 10.6 Å². The molecule has 0 radical (unpaired) electrons. The maximum atomic E-state index is 13.8. The minimum absolute atomic E-state index is 0.0738. The third kappa shape index (κ3) is 3.76. The molecule has 6 heteroatoms. The summed E-state index contributed by atoms with van der Waals surface area (Å²) in [6.45, 7) is 0. The molecule has 0 bridgehead atoms. The van der Waals surface area contributed by atoms with Crippen LogP contribution in [-0.2, 0) is 4.79 Å². The first-order chi connectivity index (χ1) is 15.6. The molecule has 5 nitrogen and oxygen atoms in total. The predicted molar refractivity (Wildman–Crippen MR) is 128 cm³/mol. The summed E-state index contributed by atoms with van der Waals surface area (Å²) in [6, 6.07) is 23.5. The van der Waals surface area contributed by atoms with E-state index in [-0.39, 0.29) is 11.8 Å². The van der Waals surface area contributed by atoms with Crippen LogP contribution in [0.15, 0.2) is 90.1 Å². The van der Waals surface area contributed by atoms with Crippen LogP contribution in [-0.4, -0.2) is 11.8 Å². The molecule has 1 heterocycles. The van der Waals surface area contributed by atoms with E-state index in [1.165, 1.54) is 0 Å². The quantitative estimate of drug-likeness (QED) is 0.472. The van der Waals surface area contributed by atoms with Crippen molar-refractivity contribution in [1.82, 2.24) is 0 Å². The molecule has 1 aliphatic carbocycles. The number of carbonyl (C=O) groups is 2. The van der Waals surface area contributed by atoms with E-state index < -0.39 is 6.04 Å². The smallest absolute Gasteiger partial charge is 0.327 e. The standard InChI is InChI=1S/C26H22ClN3O2/c27-18-13-15-19(16-14-18)28-26(32)30-22-11-5-4-9-20(22)29-21-10-6-12-23(31)24(21)25(30)17-7-2-1-3-8-17/h1-5,7-9,11,13-16,25,29H,6,10,12H2,(H,28,32)/t25-/m1/s1. The van der Waals surface area contributed by atoms with Gasteiger partial charge in [-0.25, -0.2) is 4.79 Å². The Morgan fingerprint density at radius 2 is 1.66 bits per heavy atom. The number of rotatable bonds is 2. The highest BCUT2D eigenvalue weighted by Crippen LogP contribution is 2.44. The Morgan fingerprint density at radius 3 is 2.44 bits per heavy atom. The lowest BCUT2D eigenvalue weighted by Gasteiger charge is -2.33. The normalized spacial score (nSPS) is 17.7. The number of anilines is 3. The number of ketones is 1. The topological polar surface area (TPSA) is 61.4 Å². The van der Waals surface area contributed by atoms with Crippen LogP contribution in [0.25, 0.3) is 0 Å². The summed E-state index contributed by atoms with van der Waals surface area (Å²) in [7, 11) is 0. The fraction of sp³-hybridized carbons (Fsp3) is 0.154. The number of fused-ring (bicyclic) bond motifs is 1. The van der Waals surface area contributed by atoms with E-state index in [0.29, 0.717) is 22.7 Å². The number of urea groups is 1. The Morgan fingerprint density at radius 1 is 0.938 bits per heavy atom. The number of nitrogens with one attached hydrogen (secondary N) is 2. The van der Waals surface area contributed by atoms with Crippen LogP contribution in [0.1, 0.15) is 30.9 Å². The molecular formula is C26H22ClN3O2.